The van der Waals surface area contributed by atoms with Gasteiger partial charge in [0.25, 0.3) is 0 Å². The van der Waals surface area contributed by atoms with Crippen molar-refractivity contribution in [3.05, 3.63) is 0 Å². The molecule has 0 aromatic carbocycles. The van der Waals surface area contributed by atoms with E-state index in [4.69, 9.17) is 9.47 Å². The molecule has 0 fully saturated rings. The summed E-state index contributed by atoms with van der Waals surface area (Å²) < 4.78 is 50.5. The SMILES string of the molecule is CCCCC(CCCC)(CCCC)C([PH3+])OC(C)OC.F[B-](F)(F)F. The quantitative estimate of drug-likeness (QED) is 0.149. The summed E-state index contributed by atoms with van der Waals surface area (Å²) in [6.07, 6.45) is 11.6. The number of methoxy groups -OCH3 is 1. The van der Waals surface area contributed by atoms with Crippen molar-refractivity contribution in [3.63, 3.8) is 0 Å². The van der Waals surface area contributed by atoms with Gasteiger partial charge in [-0.05, 0) is 26.2 Å². The van der Waals surface area contributed by atoms with Crippen LogP contribution in [0.25, 0.3) is 0 Å². The molecular formula is C17H38BF4O2P. The molecule has 0 bridgehead atoms. The minimum atomic E-state index is -6.00. The predicted molar refractivity (Wildman–Crippen MR) is 104 cm³/mol. The van der Waals surface area contributed by atoms with Crippen molar-refractivity contribution in [1.29, 1.82) is 0 Å². The number of rotatable bonds is 13. The first-order valence-electron chi connectivity index (χ1n) is 9.44. The normalized spacial score (nSPS) is 14.8. The Kier molecular flexibility index (Phi) is 16.7. The van der Waals surface area contributed by atoms with Crippen LogP contribution in [0.1, 0.15) is 85.5 Å². The maximum absolute atomic E-state index is 9.75. The topological polar surface area (TPSA) is 18.5 Å². The van der Waals surface area contributed by atoms with Gasteiger partial charge in [0.05, 0.1) is 0 Å². The van der Waals surface area contributed by atoms with E-state index in [0.29, 0.717) is 11.3 Å². The van der Waals surface area contributed by atoms with E-state index in [9.17, 15) is 17.3 Å². The number of halogens is 4. The minimum Gasteiger partial charge on any atom is -0.418 e. The summed E-state index contributed by atoms with van der Waals surface area (Å²) in [6, 6.07) is 0. The van der Waals surface area contributed by atoms with Gasteiger partial charge in [-0.1, -0.05) is 59.3 Å². The van der Waals surface area contributed by atoms with Crippen molar-refractivity contribution in [1.82, 2.24) is 0 Å². The third-order valence-electron chi connectivity index (χ3n) is 4.46. The van der Waals surface area contributed by atoms with Crippen LogP contribution in [0.4, 0.5) is 17.3 Å². The molecule has 0 rings (SSSR count). The lowest BCUT2D eigenvalue weighted by molar-refractivity contribution is -0.152. The molecule has 0 saturated heterocycles. The van der Waals surface area contributed by atoms with Crippen LogP contribution in [0.3, 0.4) is 0 Å². The fourth-order valence-corrected chi connectivity index (χ4v) is 3.76. The average Bonchev–Trinajstić information content (AvgIpc) is 2.52. The van der Waals surface area contributed by atoms with Gasteiger partial charge < -0.3 is 26.7 Å². The summed E-state index contributed by atoms with van der Waals surface area (Å²) in [4.78, 5) is 0. The van der Waals surface area contributed by atoms with Crippen LogP contribution in [0, 0.1) is 5.41 Å². The predicted octanol–water partition coefficient (Wildman–Crippen LogP) is 6.79. The maximum Gasteiger partial charge on any atom is 0.673 e. The third-order valence-corrected chi connectivity index (χ3v) is 5.51. The molecule has 0 aliphatic rings. The lowest BCUT2D eigenvalue weighted by Gasteiger charge is -2.37. The molecule has 25 heavy (non-hydrogen) atoms. The highest BCUT2D eigenvalue weighted by Crippen LogP contribution is 2.44. The Hall–Kier alpha value is 0.135. The van der Waals surface area contributed by atoms with Crippen molar-refractivity contribution in [3.8, 4) is 0 Å². The summed E-state index contributed by atoms with van der Waals surface area (Å²) in [5, 5.41) is 0. The van der Waals surface area contributed by atoms with Crippen molar-refractivity contribution in [2.24, 2.45) is 5.41 Å². The lowest BCUT2D eigenvalue weighted by atomic mass is 9.74. The van der Waals surface area contributed by atoms with Crippen molar-refractivity contribution >= 4 is 16.5 Å². The molecule has 0 aliphatic heterocycles. The van der Waals surface area contributed by atoms with E-state index < -0.39 is 7.25 Å². The first-order valence-corrected chi connectivity index (χ1v) is 10.3. The molecule has 0 heterocycles. The molecule has 0 aromatic heterocycles. The van der Waals surface area contributed by atoms with E-state index >= 15 is 0 Å². The minimum absolute atomic E-state index is 0.0956. The highest BCUT2D eigenvalue weighted by Gasteiger charge is 2.39. The zero-order chi connectivity index (χ0) is 19.9. The van der Waals surface area contributed by atoms with Crippen molar-refractivity contribution in [2.75, 3.05) is 7.11 Å². The number of hydrogen-bond donors (Lipinski definition) is 0. The van der Waals surface area contributed by atoms with E-state index in [1.54, 1.807) is 7.11 Å². The molecule has 0 N–H and O–H groups in total. The lowest BCUT2D eigenvalue weighted by Crippen LogP contribution is -2.36. The molecule has 0 radical (unpaired) electrons. The molecule has 2 nitrogen and oxygen atoms in total. The van der Waals surface area contributed by atoms with Crippen LogP contribution < -0.4 is 0 Å². The first kappa shape index (κ1) is 27.4. The first-order chi connectivity index (χ1) is 11.6. The molecular weight excluding hydrogens is 354 g/mol. The van der Waals surface area contributed by atoms with E-state index in [1.807, 2.05) is 16.2 Å². The van der Waals surface area contributed by atoms with Gasteiger partial charge in [0.15, 0.2) is 12.1 Å². The Bertz CT molecular complexity index is 279. The molecule has 0 aliphatic carbocycles. The molecule has 154 valence electrons. The number of ether oxygens (including phenoxy) is 2. The second-order valence-corrected chi connectivity index (χ2v) is 7.34. The Labute approximate surface area is 154 Å². The van der Waals surface area contributed by atoms with Gasteiger partial charge in [0, 0.05) is 21.8 Å². The van der Waals surface area contributed by atoms with Crippen LogP contribution >= 0.6 is 9.24 Å². The van der Waals surface area contributed by atoms with Gasteiger partial charge in [-0.25, -0.2) is 0 Å². The van der Waals surface area contributed by atoms with Gasteiger partial charge >= 0.3 is 7.25 Å². The van der Waals surface area contributed by atoms with E-state index in [2.05, 4.69) is 20.8 Å². The molecule has 8 heteroatoms. The largest absolute Gasteiger partial charge is 0.673 e. The summed E-state index contributed by atoms with van der Waals surface area (Å²) >= 11 is 0. The van der Waals surface area contributed by atoms with Crippen LogP contribution in [0.2, 0.25) is 0 Å². The molecule has 3 unspecified atom stereocenters. The van der Waals surface area contributed by atoms with Crippen LogP contribution in [0.15, 0.2) is 0 Å². The standard InChI is InChI=1S/C17H37O2P.BF4/c1-6-9-12-17(13-10-7-2,14-11-8-3)16(20)19-15(4)18-5;2-1(3,4)5/h15-16H,6-14,20H2,1-5H3;/q;-1/p+1. The molecule has 3 atom stereocenters. The smallest absolute Gasteiger partial charge is 0.418 e. The number of unbranched alkanes of at least 4 members (excludes halogenated alkanes) is 3. The van der Waals surface area contributed by atoms with E-state index in [-0.39, 0.29) is 6.29 Å². The summed E-state index contributed by atoms with van der Waals surface area (Å²) in [6.45, 7) is 8.87. The zero-order valence-corrected chi connectivity index (χ0v) is 18.0. The van der Waals surface area contributed by atoms with Gasteiger partial charge in [0.2, 0.25) is 0 Å². The number of hydrogen-bond acceptors (Lipinski definition) is 2. The summed E-state index contributed by atoms with van der Waals surface area (Å²) in [5.41, 5.74) is 0.354. The third kappa shape index (κ3) is 16.1. The monoisotopic (exact) mass is 392 g/mol. The Morgan fingerprint density at radius 1 is 0.880 bits per heavy atom. The van der Waals surface area contributed by atoms with Gasteiger partial charge in [0.1, 0.15) is 0 Å². The van der Waals surface area contributed by atoms with E-state index in [0.717, 1.165) is 0 Å². The van der Waals surface area contributed by atoms with Crippen molar-refractivity contribution < 1.29 is 26.7 Å². The Balaban J connectivity index is 0. The second kappa shape index (κ2) is 15.2. The van der Waals surface area contributed by atoms with Crippen LogP contribution in [-0.4, -0.2) is 26.5 Å². The van der Waals surface area contributed by atoms with Crippen molar-refractivity contribution in [2.45, 2.75) is 97.6 Å². The summed E-state index contributed by atoms with van der Waals surface area (Å²) in [7, 11) is -2.24. The van der Waals surface area contributed by atoms with Gasteiger partial charge in [-0.15, -0.1) is 0 Å². The highest BCUT2D eigenvalue weighted by atomic mass is 31.0. The fraction of sp³-hybridized carbons (Fsp3) is 1.00. The van der Waals surface area contributed by atoms with Crippen LogP contribution in [-0.2, 0) is 9.47 Å². The van der Waals surface area contributed by atoms with Gasteiger partial charge in [-0.3, -0.25) is 0 Å². The molecule has 0 spiro atoms. The Morgan fingerprint density at radius 2 is 1.20 bits per heavy atom. The molecule has 0 saturated carbocycles. The second-order valence-electron chi connectivity index (χ2n) is 6.60. The maximum atomic E-state index is 9.75. The molecule has 0 amide bonds. The van der Waals surface area contributed by atoms with Crippen LogP contribution in [0.5, 0.6) is 0 Å². The average molecular weight is 392 g/mol. The molecule has 0 aromatic rings. The Morgan fingerprint density at radius 3 is 1.44 bits per heavy atom. The zero-order valence-electron chi connectivity index (χ0n) is 16.6. The summed E-state index contributed by atoms with van der Waals surface area (Å²) in [5.74, 6) is 0.307. The van der Waals surface area contributed by atoms with E-state index in [1.165, 1.54) is 57.8 Å². The highest BCUT2D eigenvalue weighted by molar-refractivity contribution is 7.17. The fourth-order valence-electron chi connectivity index (χ4n) is 2.88. The van der Waals surface area contributed by atoms with Gasteiger partial charge in [-0.2, -0.15) is 0 Å².